The Bertz CT molecular complexity index is 921. The lowest BCUT2D eigenvalue weighted by Crippen LogP contribution is -2.52. The van der Waals surface area contributed by atoms with Gasteiger partial charge in [0.15, 0.2) is 5.82 Å². The van der Waals surface area contributed by atoms with Crippen molar-refractivity contribution in [1.29, 1.82) is 0 Å². The molecule has 0 radical (unpaired) electrons. The monoisotopic (exact) mass is 353 g/mol. The molecular weight excluding hydrogens is 338 g/mol. The minimum atomic E-state index is -0.659. The first-order chi connectivity index (χ1) is 12.5. The zero-order chi connectivity index (χ0) is 18.3. The Morgan fingerprint density at radius 1 is 1.27 bits per heavy atom. The van der Waals surface area contributed by atoms with Gasteiger partial charge in [-0.3, -0.25) is 24.5 Å². The van der Waals surface area contributed by atoms with Gasteiger partial charge in [-0.15, -0.1) is 0 Å². The van der Waals surface area contributed by atoms with E-state index in [4.69, 9.17) is 0 Å². The number of hydrogen-bond donors (Lipinski definition) is 3. The molecule has 1 unspecified atom stereocenters. The number of imidazole rings is 1. The fraction of sp³-hybridized carbons (Fsp3) is 0.235. The Balaban J connectivity index is 1.52. The largest absolute Gasteiger partial charge is 0.341 e. The average molecular weight is 353 g/mol. The van der Waals surface area contributed by atoms with E-state index in [1.165, 1.54) is 11.1 Å². The van der Waals surface area contributed by atoms with Crippen molar-refractivity contribution in [3.63, 3.8) is 0 Å². The predicted molar refractivity (Wildman–Crippen MR) is 89.0 cm³/mol. The lowest BCUT2D eigenvalue weighted by molar-refractivity contribution is -0.136. The molecule has 3 N–H and O–H groups in total. The van der Waals surface area contributed by atoms with Gasteiger partial charge >= 0.3 is 0 Å². The van der Waals surface area contributed by atoms with E-state index in [0.29, 0.717) is 17.7 Å². The van der Waals surface area contributed by atoms with Crippen molar-refractivity contribution in [1.82, 2.24) is 20.2 Å². The van der Waals surface area contributed by atoms with Gasteiger partial charge in [0, 0.05) is 36.6 Å². The molecule has 132 valence electrons. The van der Waals surface area contributed by atoms with E-state index in [9.17, 15) is 19.2 Å². The number of carbonyl (C=O) groups is 4. The summed E-state index contributed by atoms with van der Waals surface area (Å²) in [6.45, 7) is 0.255. The number of benzene rings is 1. The van der Waals surface area contributed by atoms with Crippen molar-refractivity contribution >= 4 is 29.3 Å². The Morgan fingerprint density at radius 2 is 2.12 bits per heavy atom. The number of anilines is 1. The summed E-state index contributed by atoms with van der Waals surface area (Å²) in [7, 11) is 0. The first-order valence-electron chi connectivity index (χ1n) is 8.11. The van der Waals surface area contributed by atoms with Crippen LogP contribution in [-0.2, 0) is 16.1 Å². The third-order valence-corrected chi connectivity index (χ3v) is 4.49. The number of hydrogen-bond acceptors (Lipinski definition) is 5. The number of aromatic nitrogens is 2. The van der Waals surface area contributed by atoms with Gasteiger partial charge in [0.1, 0.15) is 6.04 Å². The first kappa shape index (κ1) is 16.0. The van der Waals surface area contributed by atoms with Gasteiger partial charge in [-0.25, -0.2) is 4.98 Å². The number of imide groups is 1. The second kappa shape index (κ2) is 6.10. The van der Waals surface area contributed by atoms with Crippen LogP contribution in [0.2, 0.25) is 0 Å². The lowest BCUT2D eigenvalue weighted by atomic mass is 10.0. The second-order valence-electron chi connectivity index (χ2n) is 6.16. The molecule has 4 rings (SSSR count). The molecule has 0 bridgehead atoms. The van der Waals surface area contributed by atoms with E-state index in [-0.39, 0.29) is 36.5 Å². The molecule has 9 heteroatoms. The molecule has 1 saturated heterocycles. The van der Waals surface area contributed by atoms with E-state index in [1.54, 1.807) is 24.4 Å². The highest BCUT2D eigenvalue weighted by molar-refractivity contribution is 6.06. The van der Waals surface area contributed by atoms with Gasteiger partial charge in [0.05, 0.1) is 0 Å². The average Bonchev–Trinajstić information content (AvgIpc) is 3.24. The van der Waals surface area contributed by atoms with E-state index in [1.807, 2.05) is 0 Å². The topological polar surface area (TPSA) is 124 Å². The molecule has 4 amide bonds. The Hall–Kier alpha value is -3.49. The third kappa shape index (κ3) is 2.73. The summed E-state index contributed by atoms with van der Waals surface area (Å²) in [6, 6.07) is 4.31. The zero-order valence-electron chi connectivity index (χ0n) is 13.6. The number of carbonyl (C=O) groups excluding carboxylic acids is 4. The minimum absolute atomic E-state index is 0.187. The summed E-state index contributed by atoms with van der Waals surface area (Å²) in [4.78, 5) is 56.1. The van der Waals surface area contributed by atoms with E-state index >= 15 is 0 Å². The van der Waals surface area contributed by atoms with Crippen molar-refractivity contribution in [2.75, 3.05) is 5.32 Å². The summed E-state index contributed by atoms with van der Waals surface area (Å²) in [5.74, 6) is -1.22. The number of nitrogens with zero attached hydrogens (tertiary/aromatic N) is 2. The van der Waals surface area contributed by atoms with Crippen LogP contribution in [0.4, 0.5) is 5.69 Å². The van der Waals surface area contributed by atoms with Crippen molar-refractivity contribution < 1.29 is 19.2 Å². The third-order valence-electron chi connectivity index (χ3n) is 4.49. The van der Waals surface area contributed by atoms with Gasteiger partial charge in [-0.05, 0) is 30.2 Å². The van der Waals surface area contributed by atoms with Gasteiger partial charge in [0.2, 0.25) is 11.8 Å². The van der Waals surface area contributed by atoms with E-state index < -0.39 is 11.9 Å². The van der Waals surface area contributed by atoms with Crippen LogP contribution in [0.3, 0.4) is 0 Å². The lowest BCUT2D eigenvalue weighted by Gasteiger charge is -2.29. The summed E-state index contributed by atoms with van der Waals surface area (Å²) < 4.78 is 0. The predicted octanol–water partition coefficient (Wildman–Crippen LogP) is 0.423. The maximum absolute atomic E-state index is 12.6. The van der Waals surface area contributed by atoms with Crippen LogP contribution in [0.1, 0.15) is 39.4 Å². The maximum Gasteiger partial charge on any atom is 0.291 e. The van der Waals surface area contributed by atoms with E-state index in [2.05, 4.69) is 20.6 Å². The molecule has 2 aliphatic heterocycles. The van der Waals surface area contributed by atoms with Crippen LogP contribution in [0.15, 0.2) is 30.6 Å². The van der Waals surface area contributed by atoms with Gasteiger partial charge in [-0.1, -0.05) is 0 Å². The molecular formula is C17H15N5O4. The van der Waals surface area contributed by atoms with Crippen LogP contribution in [0.5, 0.6) is 0 Å². The number of aromatic amines is 1. The maximum atomic E-state index is 12.6. The highest BCUT2D eigenvalue weighted by Gasteiger charge is 2.39. The Morgan fingerprint density at radius 3 is 2.85 bits per heavy atom. The normalized spacial score (nSPS) is 19.3. The zero-order valence-corrected chi connectivity index (χ0v) is 13.6. The van der Waals surface area contributed by atoms with Gasteiger partial charge < -0.3 is 15.2 Å². The van der Waals surface area contributed by atoms with Crippen LogP contribution in [0.25, 0.3) is 0 Å². The summed E-state index contributed by atoms with van der Waals surface area (Å²) in [5.41, 5.74) is 1.74. The van der Waals surface area contributed by atoms with Crippen LogP contribution in [-0.4, -0.2) is 44.5 Å². The van der Waals surface area contributed by atoms with Gasteiger partial charge in [0.25, 0.3) is 11.8 Å². The number of nitrogens with one attached hydrogen (secondary N) is 3. The Kier molecular flexibility index (Phi) is 3.76. The van der Waals surface area contributed by atoms with Crippen molar-refractivity contribution in [3.05, 3.63) is 47.5 Å². The number of fused-ring (bicyclic) bond motifs is 1. The molecule has 0 saturated carbocycles. The summed E-state index contributed by atoms with van der Waals surface area (Å²) in [6.07, 6.45) is 3.55. The SMILES string of the molecule is O=C1CCC(N2Cc3cc(NC(=O)c4ncc[nH]4)ccc3C2=O)C(=O)N1. The number of piperidine rings is 1. The molecule has 1 atom stereocenters. The quantitative estimate of drug-likeness (QED) is 0.690. The molecule has 1 fully saturated rings. The number of amides is 4. The smallest absolute Gasteiger partial charge is 0.291 e. The van der Waals surface area contributed by atoms with Crippen LogP contribution >= 0.6 is 0 Å². The van der Waals surface area contributed by atoms with Gasteiger partial charge in [-0.2, -0.15) is 0 Å². The van der Waals surface area contributed by atoms with Crippen molar-refractivity contribution in [2.24, 2.45) is 0 Å². The van der Waals surface area contributed by atoms with Crippen molar-refractivity contribution in [3.8, 4) is 0 Å². The molecule has 26 heavy (non-hydrogen) atoms. The number of rotatable bonds is 3. The summed E-state index contributed by atoms with van der Waals surface area (Å²) in [5, 5.41) is 4.98. The molecule has 0 spiro atoms. The second-order valence-corrected chi connectivity index (χ2v) is 6.16. The van der Waals surface area contributed by atoms with E-state index in [0.717, 1.165) is 5.56 Å². The first-order valence-corrected chi connectivity index (χ1v) is 8.11. The summed E-state index contributed by atoms with van der Waals surface area (Å²) >= 11 is 0. The fourth-order valence-corrected chi connectivity index (χ4v) is 3.23. The molecule has 0 aliphatic carbocycles. The molecule has 9 nitrogen and oxygen atoms in total. The number of H-pyrrole nitrogens is 1. The van der Waals surface area contributed by atoms with Crippen LogP contribution < -0.4 is 10.6 Å². The van der Waals surface area contributed by atoms with Crippen molar-refractivity contribution in [2.45, 2.75) is 25.4 Å². The van der Waals surface area contributed by atoms with Crippen LogP contribution in [0, 0.1) is 0 Å². The fourth-order valence-electron chi connectivity index (χ4n) is 3.23. The highest BCUT2D eigenvalue weighted by Crippen LogP contribution is 2.29. The molecule has 2 aliphatic rings. The molecule has 3 heterocycles. The standard InChI is InChI=1S/C17H15N5O4/c23-13-4-3-12(15(24)21-13)22-8-9-7-10(1-2-11(9)17(22)26)20-16(25)14-18-5-6-19-14/h1-2,5-7,12H,3-4,8H2,(H,18,19)(H,20,25)(H,21,23,24). The molecule has 1 aromatic heterocycles. The molecule has 2 aromatic rings. The molecule has 1 aromatic carbocycles. The highest BCUT2D eigenvalue weighted by atomic mass is 16.2. The Labute approximate surface area is 147 Å². The minimum Gasteiger partial charge on any atom is -0.341 e.